The zero-order chi connectivity index (χ0) is 45.6. The van der Waals surface area contributed by atoms with Crippen LogP contribution in [0.2, 0.25) is 0 Å². The van der Waals surface area contributed by atoms with Gasteiger partial charge in [0.05, 0.1) is 40.3 Å². The lowest BCUT2D eigenvalue weighted by Gasteiger charge is -2.34. The number of unbranched alkanes of at least 4 members (excludes halogenated alkanes) is 30. The molecule has 0 spiro atoms. The summed E-state index contributed by atoms with van der Waals surface area (Å²) in [6, 6.07) is -0.724. The molecule has 0 aromatic heterocycles. The van der Waals surface area contributed by atoms with Crippen LogP contribution in [0, 0.1) is 0 Å². The molecule has 0 bridgehead atoms. The highest BCUT2D eigenvalue weighted by Crippen LogP contribution is 2.16. The van der Waals surface area contributed by atoms with Crippen molar-refractivity contribution >= 4 is 17.9 Å². The minimum absolute atomic E-state index is 0.0427. The number of carbonyl (C=O) groups is 3. The molecule has 0 fully saturated rings. The number of allylic oxidation sites excluding steroid dienone is 4. The van der Waals surface area contributed by atoms with E-state index in [0.717, 1.165) is 51.4 Å². The Morgan fingerprint density at radius 3 is 1.24 bits per heavy atom. The Labute approximate surface area is 383 Å². The van der Waals surface area contributed by atoms with Crippen LogP contribution in [0.3, 0.4) is 0 Å². The fourth-order valence-electron chi connectivity index (χ4n) is 7.99. The highest BCUT2D eigenvalue weighted by atomic mass is 16.6. The Morgan fingerprint density at radius 1 is 0.484 bits per heavy atom. The van der Waals surface area contributed by atoms with Crippen LogP contribution in [0.1, 0.15) is 251 Å². The molecule has 0 aliphatic heterocycles. The van der Waals surface area contributed by atoms with E-state index in [1.165, 1.54) is 167 Å². The van der Waals surface area contributed by atoms with Crippen LogP contribution in [0.15, 0.2) is 24.3 Å². The maximum Gasteiger partial charge on any atom is 0.306 e. The zero-order valence-corrected chi connectivity index (χ0v) is 41.6. The number of aliphatic carboxylic acids is 1. The summed E-state index contributed by atoms with van der Waals surface area (Å²) < 4.78 is 17.2. The maximum atomic E-state index is 12.8. The van der Waals surface area contributed by atoms with E-state index >= 15 is 0 Å². The topological polar surface area (TPSA) is 102 Å². The summed E-state index contributed by atoms with van der Waals surface area (Å²) in [6.45, 7) is 4.69. The Balaban J connectivity index is 4.19. The van der Waals surface area contributed by atoms with Gasteiger partial charge in [0, 0.05) is 19.3 Å². The molecule has 0 N–H and O–H groups in total. The lowest BCUT2D eigenvalue weighted by atomic mass is 10.0. The van der Waals surface area contributed by atoms with Gasteiger partial charge in [-0.1, -0.05) is 212 Å². The van der Waals surface area contributed by atoms with E-state index < -0.39 is 18.1 Å². The van der Waals surface area contributed by atoms with Gasteiger partial charge < -0.3 is 28.6 Å². The summed E-state index contributed by atoms with van der Waals surface area (Å²) >= 11 is 0. The number of carboxylic acid groups (broad SMARTS) is 1. The van der Waals surface area contributed by atoms with Crippen LogP contribution in [0.5, 0.6) is 0 Å². The van der Waals surface area contributed by atoms with E-state index in [1.807, 2.05) is 21.1 Å². The van der Waals surface area contributed by atoms with Gasteiger partial charge in [-0.15, -0.1) is 0 Å². The smallest absolute Gasteiger partial charge is 0.306 e. The average Bonchev–Trinajstić information content (AvgIpc) is 3.23. The zero-order valence-electron chi connectivity index (χ0n) is 41.6. The molecule has 2 unspecified atom stereocenters. The third-order valence-corrected chi connectivity index (χ3v) is 12.1. The molecular formula is C54H101NO7. The van der Waals surface area contributed by atoms with Crippen LogP contribution >= 0.6 is 0 Å². The fraction of sp³-hybridized carbons (Fsp3) is 0.870. The number of likely N-dealkylation sites (N-methyl/N-ethyl adjacent to an activating group) is 1. The molecule has 0 saturated carbocycles. The molecule has 8 nitrogen and oxygen atoms in total. The maximum absolute atomic E-state index is 12.8. The van der Waals surface area contributed by atoms with E-state index in [-0.39, 0.29) is 42.7 Å². The summed E-state index contributed by atoms with van der Waals surface area (Å²) in [4.78, 5) is 37.0. The monoisotopic (exact) mass is 876 g/mol. The average molecular weight is 876 g/mol. The van der Waals surface area contributed by atoms with Crippen molar-refractivity contribution < 1.29 is 38.2 Å². The number of quaternary nitrogens is 1. The molecule has 0 heterocycles. The normalized spacial score (nSPS) is 13.0. The first-order valence-electron chi connectivity index (χ1n) is 26.4. The molecule has 0 aliphatic rings. The highest BCUT2D eigenvalue weighted by molar-refractivity contribution is 5.70. The molecule has 0 rings (SSSR count). The van der Waals surface area contributed by atoms with Crippen molar-refractivity contribution in [2.45, 2.75) is 264 Å². The van der Waals surface area contributed by atoms with Gasteiger partial charge >= 0.3 is 11.9 Å². The number of carboxylic acids is 1. The molecule has 0 saturated heterocycles. The van der Waals surface area contributed by atoms with Gasteiger partial charge in [0.15, 0.2) is 6.10 Å². The minimum atomic E-state index is -1.12. The minimum Gasteiger partial charge on any atom is -0.544 e. The molecule has 0 aromatic rings. The molecule has 0 aromatic carbocycles. The third-order valence-electron chi connectivity index (χ3n) is 12.1. The van der Waals surface area contributed by atoms with E-state index in [0.29, 0.717) is 12.8 Å². The Bertz CT molecular complexity index is 1070. The first-order chi connectivity index (χ1) is 30.1. The van der Waals surface area contributed by atoms with Gasteiger partial charge in [-0.05, 0) is 44.9 Å². The number of esters is 2. The van der Waals surface area contributed by atoms with Crippen molar-refractivity contribution in [1.82, 2.24) is 0 Å². The Hall–Kier alpha value is -2.19. The second kappa shape index (κ2) is 45.4. The van der Waals surface area contributed by atoms with Crippen molar-refractivity contribution in [3.63, 3.8) is 0 Å². The SMILES string of the molecule is CCCCCCCCCCC/C=C/C/C=C/CCCCCCCCCC(=O)OCC(COCCC(C(=O)[O-])[N+](C)(C)C)OC(=O)CCCCCCCCCCCCCCCCC. The lowest BCUT2D eigenvalue weighted by Crippen LogP contribution is -2.55. The van der Waals surface area contributed by atoms with Crippen molar-refractivity contribution in [2.75, 3.05) is 41.0 Å². The van der Waals surface area contributed by atoms with Crippen molar-refractivity contribution in [3.05, 3.63) is 24.3 Å². The summed E-state index contributed by atoms with van der Waals surface area (Å²) in [5.41, 5.74) is 0. The number of ether oxygens (including phenoxy) is 3. The molecule has 8 heteroatoms. The number of carbonyl (C=O) groups excluding carboxylic acids is 3. The van der Waals surface area contributed by atoms with Gasteiger partial charge in [-0.25, -0.2) is 0 Å². The van der Waals surface area contributed by atoms with Gasteiger partial charge in [0.1, 0.15) is 12.6 Å². The van der Waals surface area contributed by atoms with Crippen molar-refractivity contribution in [2.24, 2.45) is 0 Å². The highest BCUT2D eigenvalue weighted by Gasteiger charge is 2.25. The molecule has 2 atom stereocenters. The molecule has 0 radical (unpaired) electrons. The van der Waals surface area contributed by atoms with Crippen LogP contribution in [0.25, 0.3) is 0 Å². The van der Waals surface area contributed by atoms with Crippen molar-refractivity contribution in [1.29, 1.82) is 0 Å². The lowest BCUT2D eigenvalue weighted by molar-refractivity contribution is -0.889. The van der Waals surface area contributed by atoms with Gasteiger partial charge in [-0.2, -0.15) is 0 Å². The molecule has 364 valence electrons. The van der Waals surface area contributed by atoms with Crippen LogP contribution in [0.4, 0.5) is 0 Å². The van der Waals surface area contributed by atoms with E-state index in [2.05, 4.69) is 38.2 Å². The summed E-state index contributed by atoms with van der Waals surface area (Å²) in [7, 11) is 5.42. The molecular weight excluding hydrogens is 775 g/mol. The molecule has 0 amide bonds. The Kier molecular flexibility index (Phi) is 43.8. The molecule has 0 aliphatic carbocycles. The first-order valence-corrected chi connectivity index (χ1v) is 26.4. The summed E-state index contributed by atoms with van der Waals surface area (Å²) in [5, 5.41) is 11.7. The van der Waals surface area contributed by atoms with Crippen molar-refractivity contribution in [3.8, 4) is 0 Å². The summed E-state index contributed by atoms with van der Waals surface area (Å²) in [6.07, 6.45) is 52.1. The Morgan fingerprint density at radius 2 is 0.855 bits per heavy atom. The fourth-order valence-corrected chi connectivity index (χ4v) is 7.99. The molecule has 62 heavy (non-hydrogen) atoms. The van der Waals surface area contributed by atoms with Crippen LogP contribution in [-0.2, 0) is 28.6 Å². The quantitative estimate of drug-likeness (QED) is 0.0260. The second-order valence-corrected chi connectivity index (χ2v) is 19.1. The number of rotatable bonds is 48. The largest absolute Gasteiger partial charge is 0.544 e. The predicted molar refractivity (Wildman–Crippen MR) is 259 cm³/mol. The van der Waals surface area contributed by atoms with E-state index in [9.17, 15) is 19.5 Å². The number of hydrogen-bond donors (Lipinski definition) is 0. The van der Waals surface area contributed by atoms with Gasteiger partial charge in [0.2, 0.25) is 0 Å². The van der Waals surface area contributed by atoms with Gasteiger partial charge in [-0.3, -0.25) is 9.59 Å². The first kappa shape index (κ1) is 59.8. The van der Waals surface area contributed by atoms with Crippen LogP contribution < -0.4 is 5.11 Å². The van der Waals surface area contributed by atoms with E-state index in [4.69, 9.17) is 14.2 Å². The standard InChI is InChI=1S/C54H101NO7/c1-6-8-10-12-14-16-18-20-22-23-24-25-26-27-28-29-31-32-34-36-38-40-42-44-52(56)61-49-50(48-60-47-46-51(54(58)59)55(3,4)5)62-53(57)45-43-41-39-37-35-33-30-21-19-17-15-13-11-9-7-2/h24-25,27-28,50-51H,6-23,26,29-49H2,1-5H3/b25-24+,28-27+. The third kappa shape index (κ3) is 43.1. The van der Waals surface area contributed by atoms with Gasteiger partial charge in [0.25, 0.3) is 0 Å². The van der Waals surface area contributed by atoms with E-state index in [1.54, 1.807) is 0 Å². The number of nitrogens with zero attached hydrogens (tertiary/aromatic N) is 1. The predicted octanol–water partition coefficient (Wildman–Crippen LogP) is 13.9. The van der Waals surface area contributed by atoms with Crippen LogP contribution in [-0.4, -0.2) is 75.5 Å². The summed E-state index contributed by atoms with van der Waals surface area (Å²) in [5.74, 6) is -1.73. The second-order valence-electron chi connectivity index (χ2n) is 19.1. The number of hydrogen-bond acceptors (Lipinski definition) is 7.